The van der Waals surface area contributed by atoms with Gasteiger partial charge in [-0.2, -0.15) is 5.10 Å². The van der Waals surface area contributed by atoms with Gasteiger partial charge in [0.1, 0.15) is 0 Å². The number of nitrogens with one attached hydrogen (secondary N) is 3. The van der Waals surface area contributed by atoms with Gasteiger partial charge in [-0.3, -0.25) is 10.1 Å². The van der Waals surface area contributed by atoms with Gasteiger partial charge in [-0.25, -0.2) is 0 Å². The van der Waals surface area contributed by atoms with E-state index in [-0.39, 0.29) is 0 Å². The highest BCUT2D eigenvalue weighted by Crippen LogP contribution is 2.39. The molecular formula is C34H51N5. The van der Waals surface area contributed by atoms with Gasteiger partial charge in [0, 0.05) is 31.0 Å². The molecule has 0 bridgehead atoms. The van der Waals surface area contributed by atoms with Crippen LogP contribution >= 0.6 is 0 Å². The molecule has 39 heavy (non-hydrogen) atoms. The zero-order valence-electron chi connectivity index (χ0n) is 24.9. The van der Waals surface area contributed by atoms with Crippen LogP contribution in [0.15, 0.2) is 55.0 Å². The van der Waals surface area contributed by atoms with E-state index in [0.29, 0.717) is 29.7 Å². The molecule has 0 fully saturated rings. The summed E-state index contributed by atoms with van der Waals surface area (Å²) in [6.07, 6.45) is 24.2. The third kappa shape index (κ3) is 7.86. The summed E-state index contributed by atoms with van der Waals surface area (Å²) in [6.45, 7) is 9.60. The van der Waals surface area contributed by atoms with E-state index in [2.05, 4.69) is 96.3 Å². The third-order valence-corrected chi connectivity index (χ3v) is 9.32. The van der Waals surface area contributed by atoms with Gasteiger partial charge >= 0.3 is 0 Å². The first-order valence-corrected chi connectivity index (χ1v) is 15.4. The number of aromatic nitrogens is 3. The van der Waals surface area contributed by atoms with Crippen molar-refractivity contribution in [2.24, 2.45) is 23.7 Å². The van der Waals surface area contributed by atoms with Crippen LogP contribution < -0.4 is 10.6 Å². The molecule has 1 aliphatic heterocycles. The number of hydrogen-bond acceptors (Lipinski definition) is 4. The van der Waals surface area contributed by atoms with Crippen LogP contribution in [0, 0.1) is 23.7 Å². The summed E-state index contributed by atoms with van der Waals surface area (Å²) in [5.41, 5.74) is 6.23. The maximum atomic E-state index is 4.59. The molecule has 5 heteroatoms. The topological polar surface area (TPSA) is 65.6 Å². The van der Waals surface area contributed by atoms with Crippen molar-refractivity contribution in [3.63, 3.8) is 0 Å². The molecule has 0 saturated heterocycles. The number of nitrogens with zero attached hydrogens (tertiary/aromatic N) is 2. The lowest BCUT2D eigenvalue weighted by Gasteiger charge is -2.32. The molecule has 0 amide bonds. The fourth-order valence-corrected chi connectivity index (χ4v) is 6.64. The van der Waals surface area contributed by atoms with Crippen LogP contribution in [0.1, 0.15) is 108 Å². The minimum atomic E-state index is 0.522. The molecule has 4 rings (SSSR count). The van der Waals surface area contributed by atoms with Gasteiger partial charge < -0.3 is 10.6 Å². The van der Waals surface area contributed by atoms with Crippen molar-refractivity contribution in [3.8, 4) is 0 Å². The summed E-state index contributed by atoms with van der Waals surface area (Å²) >= 11 is 0. The lowest BCUT2D eigenvalue weighted by atomic mass is 9.74. The zero-order valence-corrected chi connectivity index (χ0v) is 24.9. The van der Waals surface area contributed by atoms with Crippen LogP contribution in [0.25, 0.3) is 11.3 Å². The van der Waals surface area contributed by atoms with Gasteiger partial charge in [0.25, 0.3) is 0 Å². The van der Waals surface area contributed by atoms with Crippen molar-refractivity contribution in [3.05, 3.63) is 72.0 Å². The van der Waals surface area contributed by atoms with E-state index in [4.69, 9.17) is 0 Å². The quantitative estimate of drug-likeness (QED) is 0.257. The Hall–Kier alpha value is -2.82. The van der Waals surface area contributed by atoms with Gasteiger partial charge in [-0.15, -0.1) is 0 Å². The van der Waals surface area contributed by atoms with Crippen LogP contribution in [0.5, 0.6) is 0 Å². The lowest BCUT2D eigenvalue weighted by molar-refractivity contribution is 0.239. The molecule has 212 valence electrons. The second-order valence-corrected chi connectivity index (χ2v) is 12.1. The van der Waals surface area contributed by atoms with Crippen molar-refractivity contribution >= 4 is 11.3 Å². The number of aromatic amines is 1. The SMILES string of the molecule is CCC(CC1/C=C/CC(c2cn[nH]c2C2=CCCC(C)N2)CCC1C)C(C)CC/C(=C/NC)c1ccccn1. The van der Waals surface area contributed by atoms with E-state index >= 15 is 0 Å². The number of rotatable bonds is 11. The van der Waals surface area contributed by atoms with Crippen molar-refractivity contribution in [1.82, 2.24) is 25.8 Å². The average Bonchev–Trinajstić information content (AvgIpc) is 3.43. The molecule has 2 aliphatic rings. The molecule has 0 aromatic carbocycles. The van der Waals surface area contributed by atoms with E-state index in [9.17, 15) is 0 Å². The maximum absolute atomic E-state index is 4.59. The van der Waals surface area contributed by atoms with E-state index in [1.165, 1.54) is 61.1 Å². The van der Waals surface area contributed by atoms with Gasteiger partial charge in [0.05, 0.1) is 23.3 Å². The molecule has 6 unspecified atom stereocenters. The zero-order chi connectivity index (χ0) is 27.6. The molecule has 3 N–H and O–H groups in total. The Bertz CT molecular complexity index is 1100. The summed E-state index contributed by atoms with van der Waals surface area (Å²) in [7, 11) is 1.98. The monoisotopic (exact) mass is 529 g/mol. The van der Waals surface area contributed by atoms with Crippen molar-refractivity contribution in [1.29, 1.82) is 0 Å². The van der Waals surface area contributed by atoms with Gasteiger partial charge in [-0.1, -0.05) is 51.5 Å². The van der Waals surface area contributed by atoms with Crippen LogP contribution in [0.2, 0.25) is 0 Å². The molecule has 2 aromatic rings. The highest BCUT2D eigenvalue weighted by Gasteiger charge is 2.27. The predicted octanol–water partition coefficient (Wildman–Crippen LogP) is 8.09. The molecule has 3 heterocycles. The maximum Gasteiger partial charge on any atom is 0.0840 e. The van der Waals surface area contributed by atoms with Gasteiger partial charge in [-0.05, 0) is 106 Å². The first-order valence-electron chi connectivity index (χ1n) is 15.4. The van der Waals surface area contributed by atoms with E-state index in [1.807, 2.05) is 19.3 Å². The first-order chi connectivity index (χ1) is 19.0. The number of pyridine rings is 1. The Morgan fingerprint density at radius 3 is 2.82 bits per heavy atom. The molecule has 0 spiro atoms. The summed E-state index contributed by atoms with van der Waals surface area (Å²) in [6, 6.07) is 6.71. The molecule has 6 atom stereocenters. The number of H-pyrrole nitrogens is 1. The fourth-order valence-electron chi connectivity index (χ4n) is 6.64. The molecule has 1 aliphatic carbocycles. The number of hydrogen-bond donors (Lipinski definition) is 3. The summed E-state index contributed by atoms with van der Waals surface area (Å²) in [4.78, 5) is 4.59. The highest BCUT2D eigenvalue weighted by atomic mass is 15.1. The smallest absolute Gasteiger partial charge is 0.0840 e. The second-order valence-electron chi connectivity index (χ2n) is 12.1. The first kappa shape index (κ1) is 29.2. The largest absolute Gasteiger partial charge is 0.394 e. The normalized spacial score (nSPS) is 26.5. The fraction of sp³-hybridized carbons (Fsp3) is 0.588. The van der Waals surface area contributed by atoms with Crippen LogP contribution in [-0.4, -0.2) is 28.3 Å². The Labute approximate surface area is 237 Å². The average molecular weight is 530 g/mol. The van der Waals surface area contributed by atoms with Crippen LogP contribution in [-0.2, 0) is 0 Å². The third-order valence-electron chi connectivity index (χ3n) is 9.32. The molecule has 2 aromatic heterocycles. The minimum absolute atomic E-state index is 0.522. The summed E-state index contributed by atoms with van der Waals surface area (Å²) in [5.74, 6) is 3.31. The van der Waals surface area contributed by atoms with Crippen molar-refractivity contribution in [2.75, 3.05) is 7.05 Å². The molecule has 5 nitrogen and oxygen atoms in total. The second kappa shape index (κ2) is 14.5. The molecular weight excluding hydrogens is 478 g/mol. The van der Waals surface area contributed by atoms with Crippen molar-refractivity contribution < 1.29 is 0 Å². The molecule has 0 saturated carbocycles. The van der Waals surface area contributed by atoms with Gasteiger partial charge in [0.2, 0.25) is 0 Å². The summed E-state index contributed by atoms with van der Waals surface area (Å²) in [5, 5.41) is 14.7. The standard InChI is InChI=1S/C34H51N5/c1-6-27(24(2)17-19-30(22-35-5)32-14-7-8-20-36-32)21-29-13-10-12-28(18-16-25(29)3)31-23-37-39-34(31)33-15-9-11-26(4)38-33/h7-8,10,13-15,20,22-29,35,38H,6,9,11-12,16-19,21H2,1-5H3,(H,37,39)/b13-10+,30-22-. The predicted molar refractivity (Wildman–Crippen MR) is 165 cm³/mol. The Morgan fingerprint density at radius 1 is 1.21 bits per heavy atom. The van der Waals surface area contributed by atoms with E-state index < -0.39 is 0 Å². The Balaban J connectivity index is 1.36. The minimum Gasteiger partial charge on any atom is -0.394 e. The lowest BCUT2D eigenvalue weighted by Crippen LogP contribution is -2.28. The van der Waals surface area contributed by atoms with Crippen LogP contribution in [0.3, 0.4) is 0 Å². The van der Waals surface area contributed by atoms with E-state index in [0.717, 1.165) is 30.9 Å². The molecule has 0 radical (unpaired) electrons. The Morgan fingerprint density at radius 2 is 2.08 bits per heavy atom. The highest BCUT2D eigenvalue weighted by molar-refractivity contribution is 5.65. The van der Waals surface area contributed by atoms with Crippen LogP contribution in [0.4, 0.5) is 0 Å². The van der Waals surface area contributed by atoms with E-state index in [1.54, 1.807) is 0 Å². The van der Waals surface area contributed by atoms with Crippen molar-refractivity contribution in [2.45, 2.75) is 97.4 Å². The summed E-state index contributed by atoms with van der Waals surface area (Å²) < 4.78 is 0. The Kier molecular flexibility index (Phi) is 10.9. The number of allylic oxidation sites excluding steroid dienone is 4. The van der Waals surface area contributed by atoms with Gasteiger partial charge in [0.15, 0.2) is 0 Å².